The molecule has 1 amide bonds. The molecule has 2 rings (SSSR count). The fourth-order valence-corrected chi connectivity index (χ4v) is 2.36. The van der Waals surface area contributed by atoms with Crippen molar-refractivity contribution in [1.29, 1.82) is 0 Å². The Hall–Kier alpha value is -2.04. The van der Waals surface area contributed by atoms with Crippen LogP contribution in [0, 0.1) is 6.92 Å². The molecule has 0 radical (unpaired) electrons. The van der Waals surface area contributed by atoms with Crippen LogP contribution in [0.3, 0.4) is 0 Å². The number of benzene rings is 1. The van der Waals surface area contributed by atoms with E-state index in [1.807, 2.05) is 33.8 Å². The fourth-order valence-electron chi connectivity index (χ4n) is 2.36. The van der Waals surface area contributed by atoms with E-state index in [-0.39, 0.29) is 12.1 Å². The molecule has 0 saturated heterocycles. The SMILES string of the molecule is COC(=O)c1cc2c(cc1C)CN(C(=O)OC(C)(C)C)C2. The number of esters is 1. The van der Waals surface area contributed by atoms with Crippen molar-refractivity contribution in [3.63, 3.8) is 0 Å². The second-order valence-electron chi connectivity index (χ2n) is 6.26. The minimum absolute atomic E-state index is 0.337. The first-order valence-electron chi connectivity index (χ1n) is 6.90. The zero-order valence-corrected chi connectivity index (χ0v) is 13.1. The molecule has 0 unspecified atom stereocenters. The molecule has 1 aromatic carbocycles. The summed E-state index contributed by atoms with van der Waals surface area (Å²) in [6.45, 7) is 8.35. The number of carbonyl (C=O) groups is 2. The van der Waals surface area contributed by atoms with Gasteiger partial charge in [0.25, 0.3) is 0 Å². The third-order valence-corrected chi connectivity index (χ3v) is 3.33. The van der Waals surface area contributed by atoms with Crippen LogP contribution < -0.4 is 0 Å². The number of aryl methyl sites for hydroxylation is 1. The second-order valence-corrected chi connectivity index (χ2v) is 6.26. The van der Waals surface area contributed by atoms with Crippen molar-refractivity contribution in [2.75, 3.05) is 7.11 Å². The highest BCUT2D eigenvalue weighted by Gasteiger charge is 2.28. The summed E-state index contributed by atoms with van der Waals surface area (Å²) in [5.74, 6) is -0.356. The standard InChI is InChI=1S/C16H21NO4/c1-10-6-11-8-17(15(19)21-16(2,3)4)9-12(11)7-13(10)14(18)20-5/h6-7H,8-9H2,1-5H3. The minimum Gasteiger partial charge on any atom is -0.465 e. The van der Waals surface area contributed by atoms with E-state index in [2.05, 4.69) is 0 Å². The van der Waals surface area contributed by atoms with Gasteiger partial charge in [-0.25, -0.2) is 9.59 Å². The van der Waals surface area contributed by atoms with Gasteiger partial charge in [0, 0.05) is 13.1 Å². The fraction of sp³-hybridized carbons (Fsp3) is 0.500. The summed E-state index contributed by atoms with van der Waals surface area (Å²) in [7, 11) is 1.36. The molecule has 0 aliphatic carbocycles. The third kappa shape index (κ3) is 3.35. The lowest BCUT2D eigenvalue weighted by Gasteiger charge is -2.24. The van der Waals surface area contributed by atoms with Crippen LogP contribution in [0.4, 0.5) is 4.79 Å². The van der Waals surface area contributed by atoms with Crippen molar-refractivity contribution >= 4 is 12.1 Å². The molecule has 1 aliphatic heterocycles. The summed E-state index contributed by atoms with van der Waals surface area (Å²) < 4.78 is 10.2. The van der Waals surface area contributed by atoms with Gasteiger partial charge in [-0.1, -0.05) is 6.07 Å². The maximum atomic E-state index is 12.1. The van der Waals surface area contributed by atoms with Gasteiger partial charge < -0.3 is 9.47 Å². The predicted octanol–water partition coefficient (Wildman–Crippen LogP) is 3.03. The summed E-state index contributed by atoms with van der Waals surface area (Å²) in [5.41, 5.74) is 2.89. The molecule has 0 aromatic heterocycles. The number of nitrogens with zero attached hydrogens (tertiary/aromatic N) is 1. The Morgan fingerprint density at radius 1 is 1.14 bits per heavy atom. The Balaban J connectivity index is 2.20. The second kappa shape index (κ2) is 5.39. The van der Waals surface area contributed by atoms with E-state index in [1.54, 1.807) is 11.0 Å². The average molecular weight is 291 g/mol. The number of rotatable bonds is 1. The Kier molecular flexibility index (Phi) is 3.94. The van der Waals surface area contributed by atoms with Gasteiger partial charge in [-0.05, 0) is 50.5 Å². The highest BCUT2D eigenvalue weighted by molar-refractivity contribution is 5.91. The van der Waals surface area contributed by atoms with Gasteiger partial charge in [-0.3, -0.25) is 4.90 Å². The molecule has 0 N–H and O–H groups in total. The van der Waals surface area contributed by atoms with Crippen molar-refractivity contribution in [2.24, 2.45) is 0 Å². The van der Waals surface area contributed by atoms with Crippen LogP contribution in [0.15, 0.2) is 12.1 Å². The van der Waals surface area contributed by atoms with Crippen molar-refractivity contribution < 1.29 is 19.1 Å². The maximum Gasteiger partial charge on any atom is 0.410 e. The zero-order chi connectivity index (χ0) is 15.8. The van der Waals surface area contributed by atoms with Gasteiger partial charge >= 0.3 is 12.1 Å². The van der Waals surface area contributed by atoms with Crippen LogP contribution in [0.2, 0.25) is 0 Å². The van der Waals surface area contributed by atoms with Crippen molar-refractivity contribution in [1.82, 2.24) is 4.90 Å². The quantitative estimate of drug-likeness (QED) is 0.746. The highest BCUT2D eigenvalue weighted by atomic mass is 16.6. The summed E-state index contributed by atoms with van der Waals surface area (Å²) in [4.78, 5) is 25.4. The summed E-state index contributed by atoms with van der Waals surface area (Å²) >= 11 is 0. The number of methoxy groups -OCH3 is 1. The van der Waals surface area contributed by atoms with E-state index in [9.17, 15) is 9.59 Å². The zero-order valence-electron chi connectivity index (χ0n) is 13.1. The normalized spacial score (nSPS) is 13.9. The first-order chi connectivity index (χ1) is 9.71. The van der Waals surface area contributed by atoms with Gasteiger partial charge in [0.1, 0.15) is 5.60 Å². The van der Waals surface area contributed by atoms with Gasteiger partial charge in [0.15, 0.2) is 0 Å². The Morgan fingerprint density at radius 2 is 1.71 bits per heavy atom. The van der Waals surface area contributed by atoms with E-state index < -0.39 is 5.60 Å². The highest BCUT2D eigenvalue weighted by Crippen LogP contribution is 2.27. The first kappa shape index (κ1) is 15.4. The molecule has 114 valence electrons. The van der Waals surface area contributed by atoms with Crippen LogP contribution in [-0.2, 0) is 22.6 Å². The van der Waals surface area contributed by atoms with Crippen molar-refractivity contribution in [2.45, 2.75) is 46.4 Å². The molecule has 5 heteroatoms. The average Bonchev–Trinajstić information content (AvgIpc) is 2.77. The van der Waals surface area contributed by atoms with Gasteiger partial charge in [-0.15, -0.1) is 0 Å². The van der Waals surface area contributed by atoms with Crippen molar-refractivity contribution in [3.05, 3.63) is 34.4 Å². The number of hydrogen-bond acceptors (Lipinski definition) is 4. The van der Waals surface area contributed by atoms with Gasteiger partial charge in [0.05, 0.1) is 12.7 Å². The van der Waals surface area contributed by atoms with E-state index in [1.165, 1.54) is 7.11 Å². The van der Waals surface area contributed by atoms with Crippen LogP contribution in [0.5, 0.6) is 0 Å². The number of carbonyl (C=O) groups excluding carboxylic acids is 2. The lowest BCUT2D eigenvalue weighted by molar-refractivity contribution is 0.0241. The summed E-state index contributed by atoms with van der Waals surface area (Å²) in [6.07, 6.45) is -0.337. The summed E-state index contributed by atoms with van der Waals surface area (Å²) in [5, 5.41) is 0. The van der Waals surface area contributed by atoms with E-state index in [0.29, 0.717) is 18.7 Å². The van der Waals surface area contributed by atoms with E-state index in [4.69, 9.17) is 9.47 Å². The number of hydrogen-bond donors (Lipinski definition) is 0. The monoisotopic (exact) mass is 291 g/mol. The van der Waals surface area contributed by atoms with Crippen LogP contribution >= 0.6 is 0 Å². The number of fused-ring (bicyclic) bond motifs is 1. The predicted molar refractivity (Wildman–Crippen MR) is 78.0 cm³/mol. The molecule has 1 aromatic rings. The smallest absolute Gasteiger partial charge is 0.410 e. The molecule has 21 heavy (non-hydrogen) atoms. The topological polar surface area (TPSA) is 55.8 Å². The molecule has 0 bridgehead atoms. The first-order valence-corrected chi connectivity index (χ1v) is 6.90. The van der Waals surface area contributed by atoms with Gasteiger partial charge in [0.2, 0.25) is 0 Å². The van der Waals surface area contributed by atoms with E-state index >= 15 is 0 Å². The Bertz CT molecular complexity index is 587. The minimum atomic E-state index is -0.515. The molecule has 0 spiro atoms. The maximum absolute atomic E-state index is 12.1. The van der Waals surface area contributed by atoms with Crippen molar-refractivity contribution in [3.8, 4) is 0 Å². The van der Waals surface area contributed by atoms with Crippen LogP contribution in [0.25, 0.3) is 0 Å². The van der Waals surface area contributed by atoms with Gasteiger partial charge in [-0.2, -0.15) is 0 Å². The molecule has 0 saturated carbocycles. The number of amides is 1. The lowest BCUT2D eigenvalue weighted by atomic mass is 10.0. The van der Waals surface area contributed by atoms with E-state index in [0.717, 1.165) is 16.7 Å². The molecule has 1 aliphatic rings. The number of ether oxygens (including phenoxy) is 2. The third-order valence-electron chi connectivity index (χ3n) is 3.33. The molecule has 0 fully saturated rings. The molecule has 1 heterocycles. The van der Waals surface area contributed by atoms with Crippen LogP contribution in [0.1, 0.15) is 47.8 Å². The Morgan fingerprint density at radius 3 is 2.24 bits per heavy atom. The molecule has 0 atom stereocenters. The molecular weight excluding hydrogens is 270 g/mol. The Labute approximate surface area is 124 Å². The largest absolute Gasteiger partial charge is 0.465 e. The summed E-state index contributed by atoms with van der Waals surface area (Å²) in [6, 6.07) is 3.74. The molecular formula is C16H21NO4. The lowest BCUT2D eigenvalue weighted by Crippen LogP contribution is -2.33. The van der Waals surface area contributed by atoms with Crippen LogP contribution in [-0.4, -0.2) is 29.7 Å². The molecule has 5 nitrogen and oxygen atoms in total.